The van der Waals surface area contributed by atoms with E-state index in [1.165, 1.54) is 11.1 Å². The van der Waals surface area contributed by atoms with Crippen LogP contribution in [0.25, 0.3) is 0 Å². The van der Waals surface area contributed by atoms with Crippen molar-refractivity contribution in [2.24, 2.45) is 0 Å². The highest BCUT2D eigenvalue weighted by molar-refractivity contribution is 9.08. The molecular weight excluding hydrogens is 314 g/mol. The fourth-order valence-electron chi connectivity index (χ4n) is 2.01. The molecule has 0 heterocycles. The van der Waals surface area contributed by atoms with Gasteiger partial charge in [0.05, 0.1) is 0 Å². The maximum Gasteiger partial charge on any atom is 0.251 e. The lowest BCUT2D eigenvalue weighted by Gasteiger charge is -2.09. The quantitative estimate of drug-likeness (QED) is 0.838. The largest absolute Gasteiger partial charge is 0.348 e. The molecule has 0 spiro atoms. The number of carbonyl (C=O) groups is 1. The lowest BCUT2D eigenvalue weighted by Crippen LogP contribution is -2.23. The van der Waals surface area contributed by atoms with E-state index in [9.17, 15) is 4.79 Å². The molecule has 0 aliphatic carbocycles. The van der Waals surface area contributed by atoms with Gasteiger partial charge in [-0.1, -0.05) is 51.8 Å². The SMILES string of the molecule is Cc1ccc(C)c(CNC(=O)c2ccc(CBr)cc2)c1. The van der Waals surface area contributed by atoms with Crippen molar-refractivity contribution in [3.05, 3.63) is 70.3 Å². The lowest BCUT2D eigenvalue weighted by molar-refractivity contribution is 0.0951. The van der Waals surface area contributed by atoms with Crippen LogP contribution in [0.1, 0.15) is 32.6 Å². The minimum absolute atomic E-state index is 0.0352. The maximum atomic E-state index is 12.1. The average molecular weight is 332 g/mol. The summed E-state index contributed by atoms with van der Waals surface area (Å²) >= 11 is 3.39. The van der Waals surface area contributed by atoms with Crippen molar-refractivity contribution in [2.45, 2.75) is 25.7 Å². The molecule has 0 unspecified atom stereocenters. The van der Waals surface area contributed by atoms with Gasteiger partial charge in [-0.25, -0.2) is 0 Å². The highest BCUT2D eigenvalue weighted by Crippen LogP contribution is 2.11. The van der Waals surface area contributed by atoms with Crippen LogP contribution in [0.5, 0.6) is 0 Å². The first kappa shape index (κ1) is 14.8. The van der Waals surface area contributed by atoms with E-state index >= 15 is 0 Å². The first-order valence-corrected chi connectivity index (χ1v) is 7.71. The van der Waals surface area contributed by atoms with Crippen LogP contribution in [-0.4, -0.2) is 5.91 Å². The first-order chi connectivity index (χ1) is 9.60. The second kappa shape index (κ2) is 6.71. The zero-order valence-corrected chi connectivity index (χ0v) is 13.3. The fraction of sp³-hybridized carbons (Fsp3) is 0.235. The third-order valence-corrected chi connectivity index (χ3v) is 3.96. The molecule has 0 aromatic heterocycles. The molecule has 0 radical (unpaired) electrons. The normalized spacial score (nSPS) is 10.3. The Hall–Kier alpha value is -1.61. The Morgan fingerprint density at radius 1 is 1.10 bits per heavy atom. The molecule has 1 amide bonds. The molecule has 3 heteroatoms. The van der Waals surface area contributed by atoms with Crippen LogP contribution in [0.4, 0.5) is 0 Å². The van der Waals surface area contributed by atoms with Crippen molar-refractivity contribution in [3.63, 3.8) is 0 Å². The molecule has 0 atom stereocenters. The Labute approximate surface area is 128 Å². The van der Waals surface area contributed by atoms with Gasteiger partial charge >= 0.3 is 0 Å². The third-order valence-electron chi connectivity index (χ3n) is 3.31. The molecule has 0 fully saturated rings. The van der Waals surface area contributed by atoms with Crippen LogP contribution in [0.15, 0.2) is 42.5 Å². The third kappa shape index (κ3) is 3.70. The number of aryl methyl sites for hydroxylation is 2. The second-order valence-corrected chi connectivity index (χ2v) is 5.50. The van der Waals surface area contributed by atoms with Crippen molar-refractivity contribution in [3.8, 4) is 0 Å². The number of rotatable bonds is 4. The van der Waals surface area contributed by atoms with E-state index < -0.39 is 0 Å². The van der Waals surface area contributed by atoms with E-state index in [0.29, 0.717) is 12.1 Å². The highest BCUT2D eigenvalue weighted by Gasteiger charge is 2.06. The molecule has 20 heavy (non-hydrogen) atoms. The van der Waals surface area contributed by atoms with Gasteiger partial charge in [0.25, 0.3) is 5.91 Å². The number of amides is 1. The van der Waals surface area contributed by atoms with Crippen LogP contribution in [0, 0.1) is 13.8 Å². The van der Waals surface area contributed by atoms with Gasteiger partial charge in [0.15, 0.2) is 0 Å². The number of benzene rings is 2. The van der Waals surface area contributed by atoms with Crippen molar-refractivity contribution in [1.29, 1.82) is 0 Å². The summed E-state index contributed by atoms with van der Waals surface area (Å²) < 4.78 is 0. The predicted octanol–water partition coefficient (Wildman–Crippen LogP) is 4.13. The summed E-state index contributed by atoms with van der Waals surface area (Å²) in [6, 6.07) is 13.9. The standard InChI is InChI=1S/C17H18BrNO/c1-12-3-4-13(2)16(9-12)11-19-17(20)15-7-5-14(10-18)6-8-15/h3-9H,10-11H2,1-2H3,(H,19,20). The smallest absolute Gasteiger partial charge is 0.251 e. The summed E-state index contributed by atoms with van der Waals surface area (Å²) in [5.41, 5.74) is 5.43. The molecule has 2 rings (SSSR count). The first-order valence-electron chi connectivity index (χ1n) is 6.59. The van der Waals surface area contributed by atoms with Crippen molar-refractivity contribution in [1.82, 2.24) is 5.32 Å². The summed E-state index contributed by atoms with van der Waals surface area (Å²) in [6.45, 7) is 4.68. The van der Waals surface area contributed by atoms with Gasteiger partial charge < -0.3 is 5.32 Å². The van der Waals surface area contributed by atoms with Gasteiger partial charge in [0, 0.05) is 17.4 Å². The van der Waals surface area contributed by atoms with E-state index in [0.717, 1.165) is 16.5 Å². The zero-order valence-electron chi connectivity index (χ0n) is 11.7. The van der Waals surface area contributed by atoms with Gasteiger partial charge in [-0.15, -0.1) is 0 Å². The Morgan fingerprint density at radius 2 is 1.80 bits per heavy atom. The Balaban J connectivity index is 2.02. The van der Waals surface area contributed by atoms with Gasteiger partial charge in [-0.3, -0.25) is 4.79 Å². The van der Waals surface area contributed by atoms with Gasteiger partial charge in [0.1, 0.15) is 0 Å². The summed E-state index contributed by atoms with van der Waals surface area (Å²) in [5, 5.41) is 3.77. The van der Waals surface area contributed by atoms with Gasteiger partial charge in [-0.2, -0.15) is 0 Å². The Bertz CT molecular complexity index is 605. The number of alkyl halides is 1. The summed E-state index contributed by atoms with van der Waals surface area (Å²) in [4.78, 5) is 12.1. The highest BCUT2D eigenvalue weighted by atomic mass is 79.9. The van der Waals surface area contributed by atoms with Gasteiger partial charge in [0.2, 0.25) is 0 Å². The summed E-state index contributed by atoms with van der Waals surface area (Å²) in [6.07, 6.45) is 0. The number of halogens is 1. The van der Waals surface area contributed by atoms with E-state index in [1.807, 2.05) is 24.3 Å². The van der Waals surface area contributed by atoms with Crippen LogP contribution >= 0.6 is 15.9 Å². The summed E-state index contributed by atoms with van der Waals surface area (Å²) in [7, 11) is 0. The van der Waals surface area contributed by atoms with Crippen LogP contribution < -0.4 is 5.32 Å². The van der Waals surface area contributed by atoms with Crippen molar-refractivity contribution < 1.29 is 4.79 Å². The molecule has 0 saturated heterocycles. The minimum Gasteiger partial charge on any atom is -0.348 e. The lowest BCUT2D eigenvalue weighted by atomic mass is 10.1. The molecular formula is C17H18BrNO. The van der Waals surface area contributed by atoms with Crippen molar-refractivity contribution in [2.75, 3.05) is 0 Å². The topological polar surface area (TPSA) is 29.1 Å². The molecule has 2 aromatic carbocycles. The molecule has 1 N–H and O–H groups in total. The minimum atomic E-state index is -0.0352. The molecule has 0 aliphatic rings. The van der Waals surface area contributed by atoms with Crippen LogP contribution in [0.3, 0.4) is 0 Å². The fourth-order valence-corrected chi connectivity index (χ4v) is 2.39. The molecule has 2 nitrogen and oxygen atoms in total. The number of carbonyl (C=O) groups excluding carboxylic acids is 1. The maximum absolute atomic E-state index is 12.1. The van der Waals surface area contributed by atoms with Crippen LogP contribution in [0.2, 0.25) is 0 Å². The summed E-state index contributed by atoms with van der Waals surface area (Å²) in [5.74, 6) is -0.0352. The zero-order chi connectivity index (χ0) is 14.5. The molecule has 0 bridgehead atoms. The molecule has 104 valence electrons. The number of hydrogen-bond acceptors (Lipinski definition) is 1. The van der Waals surface area contributed by atoms with E-state index in [-0.39, 0.29) is 5.91 Å². The molecule has 0 aliphatic heterocycles. The number of nitrogens with one attached hydrogen (secondary N) is 1. The average Bonchev–Trinajstić information content (AvgIpc) is 2.48. The van der Waals surface area contributed by atoms with Crippen LogP contribution in [-0.2, 0) is 11.9 Å². The molecule has 0 saturated carbocycles. The monoisotopic (exact) mass is 331 g/mol. The van der Waals surface area contributed by atoms with E-state index in [4.69, 9.17) is 0 Å². The Kier molecular flexibility index (Phi) is 4.96. The van der Waals surface area contributed by atoms with Gasteiger partial charge in [-0.05, 0) is 42.7 Å². The van der Waals surface area contributed by atoms with E-state index in [2.05, 4.69) is 53.3 Å². The second-order valence-electron chi connectivity index (χ2n) is 4.94. The Morgan fingerprint density at radius 3 is 2.45 bits per heavy atom. The molecule has 2 aromatic rings. The number of hydrogen-bond donors (Lipinski definition) is 1. The predicted molar refractivity (Wildman–Crippen MR) is 86.2 cm³/mol. The van der Waals surface area contributed by atoms with Crippen molar-refractivity contribution >= 4 is 21.8 Å². The van der Waals surface area contributed by atoms with E-state index in [1.54, 1.807) is 0 Å².